The third kappa shape index (κ3) is 5.01. The van der Waals surface area contributed by atoms with Crippen LogP contribution >= 0.6 is 0 Å². The molecule has 0 saturated carbocycles. The van der Waals surface area contributed by atoms with Crippen LogP contribution in [-0.2, 0) is 4.74 Å². The molecule has 0 bridgehead atoms. The van der Waals surface area contributed by atoms with Crippen LogP contribution in [0.4, 0.5) is 19.4 Å². The SMILES string of the molecule is CC(C)(C)OC(=O)N1CCC(CNc2ccncn2)C(F)(F)C1. The standard InChI is InChI=1S/C15H22F2N4O2/c1-14(2,3)23-13(22)21-7-5-11(15(16,17)9-21)8-19-12-4-6-18-10-20-12/h4,6,10-11H,5,7-9H2,1-3H3,(H,18,19,20). The molecule has 1 aliphatic heterocycles. The molecule has 1 N–H and O–H groups in total. The number of rotatable bonds is 3. The number of alkyl halides is 2. The third-order valence-corrected chi connectivity index (χ3v) is 3.51. The van der Waals surface area contributed by atoms with Gasteiger partial charge in [0.15, 0.2) is 0 Å². The molecule has 128 valence electrons. The number of hydrogen-bond donors (Lipinski definition) is 1. The van der Waals surface area contributed by atoms with E-state index in [1.54, 1.807) is 33.0 Å². The molecule has 2 heterocycles. The van der Waals surface area contributed by atoms with Crippen molar-refractivity contribution in [2.24, 2.45) is 5.92 Å². The molecule has 1 atom stereocenters. The van der Waals surface area contributed by atoms with Gasteiger partial charge in [0.2, 0.25) is 0 Å². The Labute approximate surface area is 134 Å². The number of nitrogens with one attached hydrogen (secondary N) is 1. The van der Waals surface area contributed by atoms with E-state index in [4.69, 9.17) is 4.74 Å². The summed E-state index contributed by atoms with van der Waals surface area (Å²) in [6.45, 7) is 4.84. The molecule has 1 aromatic rings. The van der Waals surface area contributed by atoms with Crippen LogP contribution in [0.1, 0.15) is 27.2 Å². The maximum atomic E-state index is 14.3. The maximum absolute atomic E-state index is 14.3. The number of halogens is 2. The van der Waals surface area contributed by atoms with Gasteiger partial charge in [0.1, 0.15) is 17.7 Å². The number of hydrogen-bond acceptors (Lipinski definition) is 5. The number of carbonyl (C=O) groups excluding carboxylic acids is 1. The summed E-state index contributed by atoms with van der Waals surface area (Å²) in [5.41, 5.74) is -0.697. The molecular formula is C15H22F2N4O2. The number of ether oxygens (including phenoxy) is 1. The number of aromatic nitrogens is 2. The lowest BCUT2D eigenvalue weighted by Gasteiger charge is -2.38. The second-order valence-electron chi connectivity index (χ2n) is 6.62. The maximum Gasteiger partial charge on any atom is 0.410 e. The highest BCUT2D eigenvalue weighted by molar-refractivity contribution is 5.68. The molecule has 1 aromatic heterocycles. The normalized spacial score (nSPS) is 20.9. The highest BCUT2D eigenvalue weighted by Crippen LogP contribution is 2.33. The van der Waals surface area contributed by atoms with Crippen molar-refractivity contribution in [3.05, 3.63) is 18.6 Å². The van der Waals surface area contributed by atoms with Crippen molar-refractivity contribution in [1.29, 1.82) is 0 Å². The zero-order valence-electron chi connectivity index (χ0n) is 13.6. The Kier molecular flexibility index (Phi) is 5.01. The summed E-state index contributed by atoms with van der Waals surface area (Å²) >= 11 is 0. The average molecular weight is 328 g/mol. The van der Waals surface area contributed by atoms with E-state index in [1.807, 2.05) is 0 Å². The average Bonchev–Trinajstić information content (AvgIpc) is 2.44. The van der Waals surface area contributed by atoms with Gasteiger partial charge in [-0.15, -0.1) is 0 Å². The summed E-state index contributed by atoms with van der Waals surface area (Å²) in [5, 5.41) is 2.89. The van der Waals surface area contributed by atoms with Gasteiger partial charge in [-0.25, -0.2) is 23.5 Å². The van der Waals surface area contributed by atoms with Gasteiger partial charge in [0.05, 0.1) is 6.54 Å². The Morgan fingerprint density at radius 1 is 1.52 bits per heavy atom. The zero-order valence-corrected chi connectivity index (χ0v) is 13.6. The van der Waals surface area contributed by atoms with Crippen LogP contribution in [0.5, 0.6) is 0 Å². The fourth-order valence-corrected chi connectivity index (χ4v) is 2.34. The largest absolute Gasteiger partial charge is 0.444 e. The van der Waals surface area contributed by atoms with E-state index in [1.165, 1.54) is 6.33 Å². The van der Waals surface area contributed by atoms with Crippen molar-refractivity contribution in [2.75, 3.05) is 25.0 Å². The number of amides is 1. The predicted octanol–water partition coefficient (Wildman–Crippen LogP) is 2.78. The molecule has 2 rings (SSSR count). The fourth-order valence-electron chi connectivity index (χ4n) is 2.34. The molecule has 0 aliphatic carbocycles. The summed E-state index contributed by atoms with van der Waals surface area (Å²) in [4.78, 5) is 20.7. The van der Waals surface area contributed by atoms with E-state index in [2.05, 4.69) is 15.3 Å². The van der Waals surface area contributed by atoms with Gasteiger partial charge in [0, 0.05) is 25.2 Å². The van der Waals surface area contributed by atoms with Gasteiger partial charge < -0.3 is 15.0 Å². The molecule has 1 fully saturated rings. The number of nitrogens with zero attached hydrogens (tertiary/aromatic N) is 3. The topological polar surface area (TPSA) is 67.3 Å². The quantitative estimate of drug-likeness (QED) is 0.924. The zero-order chi connectivity index (χ0) is 17.1. The van der Waals surface area contributed by atoms with Gasteiger partial charge in [-0.2, -0.15) is 0 Å². The Morgan fingerprint density at radius 3 is 2.83 bits per heavy atom. The Hall–Kier alpha value is -1.99. The molecule has 1 aliphatic rings. The van der Waals surface area contributed by atoms with Gasteiger partial charge in [-0.05, 0) is 33.3 Å². The number of piperidine rings is 1. The van der Waals surface area contributed by atoms with Crippen LogP contribution in [0.2, 0.25) is 0 Å². The summed E-state index contributed by atoms with van der Waals surface area (Å²) < 4.78 is 33.7. The van der Waals surface area contributed by atoms with Crippen LogP contribution in [0.25, 0.3) is 0 Å². The summed E-state index contributed by atoms with van der Waals surface area (Å²) in [6.07, 6.45) is 2.40. The molecular weight excluding hydrogens is 306 g/mol. The lowest BCUT2D eigenvalue weighted by atomic mass is 9.93. The molecule has 1 saturated heterocycles. The van der Waals surface area contributed by atoms with E-state index in [0.29, 0.717) is 5.82 Å². The fraction of sp³-hybridized carbons (Fsp3) is 0.667. The first kappa shape index (κ1) is 17.4. The number of carbonyl (C=O) groups is 1. The lowest BCUT2D eigenvalue weighted by molar-refractivity contribution is -0.106. The highest BCUT2D eigenvalue weighted by atomic mass is 19.3. The van der Waals surface area contributed by atoms with Crippen molar-refractivity contribution >= 4 is 11.9 Å². The van der Waals surface area contributed by atoms with Gasteiger partial charge in [-0.1, -0.05) is 0 Å². The van der Waals surface area contributed by atoms with Crippen LogP contribution in [-0.4, -0.2) is 52.1 Å². The van der Waals surface area contributed by atoms with E-state index in [-0.39, 0.29) is 19.5 Å². The van der Waals surface area contributed by atoms with Crippen molar-refractivity contribution in [3.63, 3.8) is 0 Å². The van der Waals surface area contributed by atoms with Crippen molar-refractivity contribution in [3.8, 4) is 0 Å². The Balaban J connectivity index is 1.91. The first-order valence-electron chi connectivity index (χ1n) is 7.53. The van der Waals surface area contributed by atoms with Crippen LogP contribution in [0.15, 0.2) is 18.6 Å². The highest BCUT2D eigenvalue weighted by Gasteiger charge is 2.46. The smallest absolute Gasteiger partial charge is 0.410 e. The van der Waals surface area contributed by atoms with Crippen molar-refractivity contribution in [2.45, 2.75) is 38.7 Å². The first-order chi connectivity index (χ1) is 10.7. The minimum atomic E-state index is -2.98. The van der Waals surface area contributed by atoms with Gasteiger partial charge in [-0.3, -0.25) is 0 Å². The second kappa shape index (κ2) is 6.64. The Morgan fingerprint density at radius 2 is 2.26 bits per heavy atom. The van der Waals surface area contributed by atoms with Crippen molar-refractivity contribution < 1.29 is 18.3 Å². The summed E-state index contributed by atoms with van der Waals surface area (Å²) in [5.74, 6) is -3.34. The molecule has 1 amide bonds. The predicted molar refractivity (Wildman–Crippen MR) is 81.4 cm³/mol. The first-order valence-corrected chi connectivity index (χ1v) is 7.53. The molecule has 23 heavy (non-hydrogen) atoms. The molecule has 0 aromatic carbocycles. The second-order valence-corrected chi connectivity index (χ2v) is 6.62. The van der Waals surface area contributed by atoms with Gasteiger partial charge >= 0.3 is 6.09 Å². The van der Waals surface area contributed by atoms with Crippen LogP contribution in [0, 0.1) is 5.92 Å². The van der Waals surface area contributed by atoms with Crippen molar-refractivity contribution in [1.82, 2.24) is 14.9 Å². The molecule has 1 unspecified atom stereocenters. The lowest BCUT2D eigenvalue weighted by Crippen LogP contribution is -2.53. The van der Waals surface area contributed by atoms with Gasteiger partial charge in [0.25, 0.3) is 5.92 Å². The van der Waals surface area contributed by atoms with E-state index in [0.717, 1.165) is 4.90 Å². The van der Waals surface area contributed by atoms with Crippen LogP contribution in [0.3, 0.4) is 0 Å². The number of anilines is 1. The molecule has 0 radical (unpaired) electrons. The monoisotopic (exact) mass is 328 g/mol. The minimum Gasteiger partial charge on any atom is -0.444 e. The molecule has 8 heteroatoms. The summed E-state index contributed by atoms with van der Waals surface area (Å²) in [6, 6.07) is 1.62. The van der Waals surface area contributed by atoms with E-state index >= 15 is 0 Å². The van der Waals surface area contributed by atoms with Crippen LogP contribution < -0.4 is 5.32 Å². The minimum absolute atomic E-state index is 0.0895. The molecule has 6 nitrogen and oxygen atoms in total. The number of likely N-dealkylation sites (tertiary alicyclic amines) is 1. The summed E-state index contributed by atoms with van der Waals surface area (Å²) in [7, 11) is 0. The third-order valence-electron chi connectivity index (χ3n) is 3.51. The van der Waals surface area contributed by atoms with E-state index < -0.39 is 30.1 Å². The molecule has 0 spiro atoms. The van der Waals surface area contributed by atoms with E-state index in [9.17, 15) is 13.6 Å². The Bertz CT molecular complexity index is 534.